The molecule has 0 aliphatic heterocycles. The zero-order valence-electron chi connectivity index (χ0n) is 35.2. The molecule has 0 aliphatic carbocycles. The fourth-order valence-electron chi connectivity index (χ4n) is 5.57. The molecule has 0 saturated carbocycles. The fraction of sp³-hybridized carbons (Fsp3) is 0.615. The van der Waals surface area contributed by atoms with E-state index in [1.165, 1.54) is 0 Å². The van der Waals surface area contributed by atoms with Crippen molar-refractivity contribution in [2.24, 2.45) is 0 Å². The lowest BCUT2D eigenvalue weighted by molar-refractivity contribution is -0.275. The number of carbonyl (C=O) groups is 3. The van der Waals surface area contributed by atoms with Gasteiger partial charge in [0.25, 0.3) is 24.4 Å². The van der Waals surface area contributed by atoms with Gasteiger partial charge in [0.15, 0.2) is 9.76 Å². The lowest BCUT2D eigenvalue weighted by Crippen LogP contribution is -2.49. The summed E-state index contributed by atoms with van der Waals surface area (Å²) in [5.41, 5.74) is -5.43. The third-order valence-electron chi connectivity index (χ3n) is 8.02. The van der Waals surface area contributed by atoms with Crippen molar-refractivity contribution in [3.05, 3.63) is 69.8 Å². The van der Waals surface area contributed by atoms with E-state index in [9.17, 15) is 67.1 Å². The molecule has 0 radical (unpaired) electrons. The molecule has 0 N–H and O–H groups in total. The van der Waals surface area contributed by atoms with E-state index in [-0.39, 0.29) is 73.6 Å². The van der Waals surface area contributed by atoms with Crippen LogP contribution in [0.4, 0.5) is 52.7 Å². The highest BCUT2D eigenvalue weighted by Gasteiger charge is 2.51. The topological polar surface area (TPSA) is 107 Å². The molecule has 23 heteroatoms. The monoisotopic (exact) mass is 948 g/mol. The third kappa shape index (κ3) is 23.1. The van der Waals surface area contributed by atoms with Crippen LogP contribution in [0.5, 0.6) is 0 Å². The van der Waals surface area contributed by atoms with Crippen molar-refractivity contribution < 1.29 is 94.2 Å². The normalized spacial score (nSPS) is 12.9. The largest absolute Gasteiger partial charge is 0.705 e. The molecular formula is C39H52F12O9Si2. The first-order valence-corrected chi connectivity index (χ1v) is 22.9. The Morgan fingerprint density at radius 2 is 0.839 bits per heavy atom. The van der Waals surface area contributed by atoms with E-state index in [2.05, 4.69) is 0 Å². The zero-order valence-corrected chi connectivity index (χ0v) is 37.6. The number of rotatable bonds is 21. The lowest BCUT2D eigenvalue weighted by Gasteiger charge is -2.26. The number of benzene rings is 2. The van der Waals surface area contributed by atoms with Crippen LogP contribution in [0.25, 0.3) is 0 Å². The van der Waals surface area contributed by atoms with E-state index < -0.39 is 89.9 Å². The molecule has 9 nitrogen and oxygen atoms in total. The van der Waals surface area contributed by atoms with Gasteiger partial charge in [-0.15, -0.1) is 0 Å². The van der Waals surface area contributed by atoms with Crippen LogP contribution in [0.1, 0.15) is 120 Å². The molecule has 0 bridgehead atoms. The molecular weight excluding hydrogens is 897 g/mol. The zero-order chi connectivity index (χ0) is 47.7. The van der Waals surface area contributed by atoms with E-state index in [0.717, 1.165) is 45.4 Å². The van der Waals surface area contributed by atoms with Gasteiger partial charge in [-0.05, 0) is 113 Å². The molecule has 0 unspecified atom stereocenters. The highest BCUT2D eigenvalue weighted by molar-refractivity contribution is 6.65. The molecule has 62 heavy (non-hydrogen) atoms. The number of aryl methyl sites for hydroxylation is 2. The highest BCUT2D eigenvalue weighted by Crippen LogP contribution is 2.38. The predicted molar refractivity (Wildman–Crippen MR) is 205 cm³/mol. The fourth-order valence-corrected chi connectivity index (χ4v) is 9.07. The van der Waals surface area contributed by atoms with Gasteiger partial charge < -0.3 is 27.2 Å². The van der Waals surface area contributed by atoms with Gasteiger partial charge >= 0.3 is 33.5 Å². The van der Waals surface area contributed by atoms with E-state index in [1.54, 1.807) is 0 Å². The number of ether oxygens (including phenoxy) is 2. The van der Waals surface area contributed by atoms with E-state index in [1.807, 2.05) is 27.7 Å². The summed E-state index contributed by atoms with van der Waals surface area (Å²) in [6, 6.07) is 3.80. The van der Waals surface area contributed by atoms with Crippen molar-refractivity contribution in [2.75, 3.05) is 0 Å². The number of halogens is 12. The number of hydrogen-bond acceptors (Lipinski definition) is 9. The van der Waals surface area contributed by atoms with Crippen LogP contribution < -0.4 is 0 Å². The summed E-state index contributed by atoms with van der Waals surface area (Å²) in [5.74, 6) is -2.53. The van der Waals surface area contributed by atoms with Crippen LogP contribution in [0.3, 0.4) is 0 Å². The Labute approximate surface area is 355 Å². The number of carbonyl (C=O) groups excluding carboxylic acids is 3. The summed E-state index contributed by atoms with van der Waals surface area (Å²) < 4.78 is 187. The number of hydrogen-bond donors (Lipinski definition) is 0. The van der Waals surface area contributed by atoms with Crippen molar-refractivity contribution in [3.63, 3.8) is 0 Å². The van der Waals surface area contributed by atoms with Crippen LogP contribution in [0.2, 0.25) is 12.1 Å². The van der Waals surface area contributed by atoms with E-state index in [0.29, 0.717) is 25.0 Å². The van der Waals surface area contributed by atoms with Crippen molar-refractivity contribution in [2.45, 2.75) is 155 Å². The Morgan fingerprint density at radius 1 is 0.516 bits per heavy atom. The second kappa shape index (κ2) is 25.0. The van der Waals surface area contributed by atoms with Crippen LogP contribution in [0, 0.1) is 0 Å². The van der Waals surface area contributed by atoms with Crippen LogP contribution in [0.15, 0.2) is 36.4 Å². The van der Waals surface area contributed by atoms with E-state index >= 15 is 0 Å². The Kier molecular flexibility index (Phi) is 22.7. The first kappa shape index (κ1) is 56.3. The van der Waals surface area contributed by atoms with Crippen molar-refractivity contribution in [3.8, 4) is 0 Å². The van der Waals surface area contributed by atoms with Crippen molar-refractivity contribution >= 4 is 36.5 Å². The maximum Gasteiger partial charge on any atom is 0.705 e. The molecule has 354 valence electrons. The van der Waals surface area contributed by atoms with Gasteiger partial charge in [0, 0.05) is 20.8 Å². The molecule has 0 amide bonds. The summed E-state index contributed by atoms with van der Waals surface area (Å²) in [4.78, 5) is 34.1. The second-order valence-electron chi connectivity index (χ2n) is 14.5. The Balaban J connectivity index is 0.000000621. The minimum atomic E-state index is -4.93. The molecule has 0 aromatic heterocycles. The van der Waals surface area contributed by atoms with Crippen LogP contribution in [-0.2, 0) is 79.1 Å². The number of unbranched alkanes of at least 4 members (excludes halogenated alkanes) is 4. The minimum absolute atomic E-state index is 0.0429. The standard InChI is InChI=1S/C20H30F6O3Si.C19H22F6O6Si/c1-13(2)27-18(28-14(3)4)29-30-9-7-5-6-8-15-10-16(19(21,22)23)12-17(11-15)20(24,25)26;1-12(26)29-32(30-13(2)27,31-14(3)28)8-6-4-5-7-15-9-16(18(20,21)22)11-17(10-15)19(23,24)25/h10-14,18H,5-9,30H2,1-4H3;9-11H,4-8H2,1-3H3. The van der Waals surface area contributed by atoms with Gasteiger partial charge in [-0.3, -0.25) is 14.4 Å². The summed E-state index contributed by atoms with van der Waals surface area (Å²) in [5, 5.41) is 0. The quantitative estimate of drug-likeness (QED) is 0.0523. The van der Waals surface area contributed by atoms with Gasteiger partial charge in [-0.25, -0.2) is 0 Å². The number of alkyl halides is 12. The average Bonchev–Trinajstić information content (AvgIpc) is 3.08. The van der Waals surface area contributed by atoms with Gasteiger partial charge in [-0.1, -0.05) is 19.3 Å². The predicted octanol–water partition coefficient (Wildman–Crippen LogP) is 11.2. The first-order chi connectivity index (χ1) is 28.3. The Bertz CT molecular complexity index is 1600. The van der Waals surface area contributed by atoms with Crippen LogP contribution >= 0.6 is 0 Å². The molecule has 0 atom stereocenters. The molecule has 0 aliphatic rings. The van der Waals surface area contributed by atoms with Gasteiger partial charge in [-0.2, -0.15) is 52.7 Å². The molecule has 2 aromatic carbocycles. The van der Waals surface area contributed by atoms with Gasteiger partial charge in [0.05, 0.1) is 40.5 Å². The maximum absolute atomic E-state index is 12.9. The SMILES string of the molecule is CC(=O)O[Si](CCCCCc1cc(C(F)(F)F)cc(C(F)(F)F)c1)(OC(C)=O)OC(C)=O.CC(C)OC(O[SiH2]CCCCCc1cc(C(F)(F)F)cc(C(F)(F)F)c1)OC(C)C. The Morgan fingerprint density at radius 3 is 1.13 bits per heavy atom. The summed E-state index contributed by atoms with van der Waals surface area (Å²) >= 11 is 0. The molecule has 0 spiro atoms. The first-order valence-electron chi connectivity index (χ1n) is 19.4. The van der Waals surface area contributed by atoms with Crippen molar-refractivity contribution in [1.29, 1.82) is 0 Å². The summed E-state index contributed by atoms with van der Waals surface area (Å²) in [7, 11) is -4.94. The second-order valence-corrected chi connectivity index (χ2v) is 18.5. The molecule has 0 saturated heterocycles. The van der Waals surface area contributed by atoms with Gasteiger partial charge in [0.1, 0.15) is 0 Å². The van der Waals surface area contributed by atoms with Gasteiger partial charge in [0.2, 0.25) is 0 Å². The van der Waals surface area contributed by atoms with Crippen molar-refractivity contribution in [1.82, 2.24) is 0 Å². The lowest BCUT2D eigenvalue weighted by atomic mass is 10.0. The van der Waals surface area contributed by atoms with Crippen LogP contribution in [-0.4, -0.2) is 55.2 Å². The van der Waals surface area contributed by atoms with E-state index in [4.69, 9.17) is 27.2 Å². The minimum Gasteiger partial charge on any atom is -0.455 e. The molecule has 2 rings (SSSR count). The summed E-state index contributed by atoms with van der Waals surface area (Å²) in [6.45, 7) is 9.88. The smallest absolute Gasteiger partial charge is 0.455 e. The average molecular weight is 949 g/mol. The summed E-state index contributed by atoms with van der Waals surface area (Å²) in [6.07, 6.45) is -16.9. The highest BCUT2D eigenvalue weighted by atomic mass is 28.4. The molecule has 2 aromatic rings. The third-order valence-corrected chi connectivity index (χ3v) is 12.1. The molecule has 0 fully saturated rings. The Hall–Kier alpha value is -3.68. The maximum atomic E-state index is 12.9. The molecule has 0 heterocycles.